The lowest BCUT2D eigenvalue weighted by Crippen LogP contribution is -2.17. The Balaban J connectivity index is 1.75. The van der Waals surface area contributed by atoms with E-state index in [0.717, 1.165) is 5.56 Å². The van der Waals surface area contributed by atoms with E-state index in [-0.39, 0.29) is 34.2 Å². The molecule has 0 bridgehead atoms. The topological polar surface area (TPSA) is 95.5 Å². The summed E-state index contributed by atoms with van der Waals surface area (Å²) >= 11 is 6.15. The number of carboxylic acid groups (broad SMARTS) is 1. The summed E-state index contributed by atoms with van der Waals surface area (Å²) < 4.78 is 0. The Morgan fingerprint density at radius 2 is 1.52 bits per heavy atom. The number of aromatic carboxylic acids is 1. The Morgan fingerprint density at radius 1 is 0.828 bits per heavy atom. The van der Waals surface area contributed by atoms with Gasteiger partial charge in [-0.05, 0) is 35.9 Å². The van der Waals surface area contributed by atoms with Crippen molar-refractivity contribution in [2.45, 2.75) is 6.42 Å². The molecule has 2 amide bonds. The normalized spacial score (nSPS) is 10.2. The Bertz CT molecular complexity index is 1070. The molecule has 0 aliphatic carbocycles. The average Bonchev–Trinajstić information content (AvgIpc) is 2.70. The fourth-order valence-corrected chi connectivity index (χ4v) is 2.88. The summed E-state index contributed by atoms with van der Waals surface area (Å²) in [5.41, 5.74) is 1.53. The second-order valence-corrected chi connectivity index (χ2v) is 6.62. The van der Waals surface area contributed by atoms with E-state index in [4.69, 9.17) is 11.6 Å². The zero-order valence-corrected chi connectivity index (χ0v) is 15.9. The standard InChI is InChI=1S/C22H17ClN2O4/c23-17-11-10-15(21(27)25-18-9-5-4-8-16(18)22(28)29)13-19(17)24-20(26)12-14-6-2-1-3-7-14/h1-11,13H,12H2,(H,24,26)(H,25,27)(H,28,29). The van der Waals surface area contributed by atoms with Crippen LogP contribution in [-0.2, 0) is 11.2 Å². The van der Waals surface area contributed by atoms with Gasteiger partial charge in [0.2, 0.25) is 5.91 Å². The zero-order chi connectivity index (χ0) is 20.8. The first-order valence-corrected chi connectivity index (χ1v) is 9.09. The van der Waals surface area contributed by atoms with Gasteiger partial charge in [-0.2, -0.15) is 0 Å². The maximum Gasteiger partial charge on any atom is 0.337 e. The van der Waals surface area contributed by atoms with Crippen molar-refractivity contribution in [3.63, 3.8) is 0 Å². The van der Waals surface area contributed by atoms with E-state index in [0.29, 0.717) is 5.69 Å². The summed E-state index contributed by atoms with van der Waals surface area (Å²) in [6, 6.07) is 19.8. The number of hydrogen-bond donors (Lipinski definition) is 3. The van der Waals surface area contributed by atoms with Crippen LogP contribution in [0.5, 0.6) is 0 Å². The maximum absolute atomic E-state index is 12.6. The van der Waals surface area contributed by atoms with Gasteiger partial charge in [0.05, 0.1) is 28.4 Å². The highest BCUT2D eigenvalue weighted by atomic mass is 35.5. The van der Waals surface area contributed by atoms with Crippen molar-refractivity contribution >= 4 is 40.8 Å². The molecular formula is C22H17ClN2O4. The zero-order valence-electron chi connectivity index (χ0n) is 15.2. The number of carboxylic acids is 1. The number of amides is 2. The van der Waals surface area contributed by atoms with Gasteiger partial charge in [-0.1, -0.05) is 54.1 Å². The van der Waals surface area contributed by atoms with Crippen molar-refractivity contribution in [1.29, 1.82) is 0 Å². The van der Waals surface area contributed by atoms with Crippen LogP contribution in [0.3, 0.4) is 0 Å². The summed E-state index contributed by atoms with van der Waals surface area (Å²) in [5.74, 6) is -1.94. The fourth-order valence-electron chi connectivity index (χ4n) is 2.71. The highest BCUT2D eigenvalue weighted by molar-refractivity contribution is 6.34. The fraction of sp³-hybridized carbons (Fsp3) is 0.0455. The van der Waals surface area contributed by atoms with Gasteiger partial charge >= 0.3 is 5.97 Å². The van der Waals surface area contributed by atoms with E-state index >= 15 is 0 Å². The van der Waals surface area contributed by atoms with Gasteiger partial charge in [-0.25, -0.2) is 4.79 Å². The monoisotopic (exact) mass is 408 g/mol. The smallest absolute Gasteiger partial charge is 0.337 e. The molecule has 0 saturated heterocycles. The van der Waals surface area contributed by atoms with Gasteiger partial charge in [-0.3, -0.25) is 9.59 Å². The number of carbonyl (C=O) groups excluding carboxylic acids is 2. The van der Waals surface area contributed by atoms with Crippen LogP contribution in [0.15, 0.2) is 72.8 Å². The van der Waals surface area contributed by atoms with Crippen LogP contribution in [0.25, 0.3) is 0 Å². The number of hydrogen-bond acceptors (Lipinski definition) is 3. The van der Waals surface area contributed by atoms with Crippen LogP contribution in [0, 0.1) is 0 Å². The number of halogens is 1. The molecule has 146 valence electrons. The number of rotatable bonds is 6. The second kappa shape index (κ2) is 9.03. The van der Waals surface area contributed by atoms with Crippen molar-refractivity contribution in [2.75, 3.05) is 10.6 Å². The molecule has 0 unspecified atom stereocenters. The Labute approximate surface area is 172 Å². The van der Waals surface area contributed by atoms with Crippen molar-refractivity contribution < 1.29 is 19.5 Å². The predicted octanol–water partition coefficient (Wildman–Crippen LogP) is 4.47. The Morgan fingerprint density at radius 3 is 2.24 bits per heavy atom. The molecule has 0 aliphatic rings. The minimum atomic E-state index is -1.15. The molecule has 3 aromatic rings. The number of anilines is 2. The van der Waals surface area contributed by atoms with Gasteiger partial charge in [0.25, 0.3) is 5.91 Å². The summed E-state index contributed by atoms with van der Waals surface area (Å²) in [6.45, 7) is 0. The van der Waals surface area contributed by atoms with Crippen molar-refractivity contribution in [3.05, 3.63) is 94.5 Å². The van der Waals surface area contributed by atoms with E-state index in [9.17, 15) is 19.5 Å². The third-order valence-electron chi connectivity index (χ3n) is 4.12. The predicted molar refractivity (Wildman–Crippen MR) is 112 cm³/mol. The molecule has 0 atom stereocenters. The van der Waals surface area contributed by atoms with E-state index in [2.05, 4.69) is 10.6 Å². The number of carbonyl (C=O) groups is 3. The van der Waals surface area contributed by atoms with E-state index in [1.54, 1.807) is 12.1 Å². The van der Waals surface area contributed by atoms with Gasteiger partial charge in [0.1, 0.15) is 0 Å². The number of benzene rings is 3. The van der Waals surface area contributed by atoms with Crippen molar-refractivity contribution in [2.24, 2.45) is 0 Å². The highest BCUT2D eigenvalue weighted by Gasteiger charge is 2.15. The molecule has 3 aromatic carbocycles. The molecule has 0 fully saturated rings. The van der Waals surface area contributed by atoms with Crippen molar-refractivity contribution in [1.82, 2.24) is 0 Å². The third-order valence-corrected chi connectivity index (χ3v) is 4.45. The van der Waals surface area contributed by atoms with Crippen LogP contribution in [-0.4, -0.2) is 22.9 Å². The molecule has 0 heterocycles. The molecule has 3 N–H and O–H groups in total. The first kappa shape index (κ1) is 20.1. The quantitative estimate of drug-likeness (QED) is 0.560. The van der Waals surface area contributed by atoms with Crippen LogP contribution >= 0.6 is 11.6 Å². The van der Waals surface area contributed by atoms with Crippen LogP contribution in [0.2, 0.25) is 5.02 Å². The van der Waals surface area contributed by atoms with E-state index in [1.165, 1.54) is 30.3 Å². The lowest BCUT2D eigenvalue weighted by Gasteiger charge is -2.11. The van der Waals surface area contributed by atoms with Crippen LogP contribution in [0.4, 0.5) is 11.4 Å². The summed E-state index contributed by atoms with van der Waals surface area (Å²) in [7, 11) is 0. The maximum atomic E-state index is 12.6. The molecule has 3 rings (SSSR count). The van der Waals surface area contributed by atoms with E-state index < -0.39 is 11.9 Å². The number of nitrogens with one attached hydrogen (secondary N) is 2. The summed E-state index contributed by atoms with van der Waals surface area (Å²) in [5, 5.41) is 14.8. The van der Waals surface area contributed by atoms with Crippen LogP contribution in [0.1, 0.15) is 26.3 Å². The Kier molecular flexibility index (Phi) is 6.26. The SMILES string of the molecule is O=C(Cc1ccccc1)Nc1cc(C(=O)Nc2ccccc2C(=O)O)ccc1Cl. The van der Waals surface area contributed by atoms with Gasteiger partial charge in [0, 0.05) is 5.56 Å². The van der Waals surface area contributed by atoms with E-state index in [1.807, 2.05) is 30.3 Å². The van der Waals surface area contributed by atoms with Gasteiger partial charge < -0.3 is 15.7 Å². The second-order valence-electron chi connectivity index (χ2n) is 6.21. The molecule has 6 nitrogen and oxygen atoms in total. The van der Waals surface area contributed by atoms with Gasteiger partial charge in [-0.15, -0.1) is 0 Å². The average molecular weight is 409 g/mol. The summed E-state index contributed by atoms with van der Waals surface area (Å²) in [4.78, 5) is 36.2. The first-order valence-electron chi connectivity index (χ1n) is 8.71. The lowest BCUT2D eigenvalue weighted by molar-refractivity contribution is -0.115. The molecule has 0 saturated carbocycles. The minimum absolute atomic E-state index is 0.0220. The van der Waals surface area contributed by atoms with Crippen molar-refractivity contribution in [3.8, 4) is 0 Å². The Hall–Kier alpha value is -3.64. The van der Waals surface area contributed by atoms with Gasteiger partial charge in [0.15, 0.2) is 0 Å². The first-order chi connectivity index (χ1) is 13.9. The molecule has 0 aromatic heterocycles. The lowest BCUT2D eigenvalue weighted by atomic mass is 10.1. The largest absolute Gasteiger partial charge is 0.478 e. The number of para-hydroxylation sites is 1. The molecule has 0 spiro atoms. The molecule has 0 radical (unpaired) electrons. The molecule has 29 heavy (non-hydrogen) atoms. The third kappa shape index (κ3) is 5.21. The molecule has 0 aliphatic heterocycles. The van der Waals surface area contributed by atoms with Crippen LogP contribution < -0.4 is 10.6 Å². The highest BCUT2D eigenvalue weighted by Crippen LogP contribution is 2.24. The minimum Gasteiger partial charge on any atom is -0.478 e. The summed E-state index contributed by atoms with van der Waals surface area (Å²) in [6.07, 6.45) is 0.166. The molecular weight excluding hydrogens is 392 g/mol. The molecule has 7 heteroatoms.